The Bertz CT molecular complexity index is 276. The van der Waals surface area contributed by atoms with Gasteiger partial charge >= 0.3 is 0 Å². The standard InChI is InChI=1S/C10H7.H2O/c1-2-6-10-8-4-3-7-9(10)5-1;/h1-3,5-8H;1H2. The molecule has 0 aliphatic carbocycles. The highest BCUT2D eigenvalue weighted by Gasteiger charge is 1.85. The van der Waals surface area contributed by atoms with E-state index in [9.17, 15) is 0 Å². The van der Waals surface area contributed by atoms with Crippen molar-refractivity contribution in [2.75, 3.05) is 0 Å². The highest BCUT2D eigenvalue weighted by molar-refractivity contribution is 5.81. The quantitative estimate of drug-likeness (QED) is 0.541. The van der Waals surface area contributed by atoms with E-state index in [2.05, 4.69) is 24.3 Å². The van der Waals surface area contributed by atoms with Gasteiger partial charge in [-0.15, -0.1) is 0 Å². The Hall–Kier alpha value is -1.34. The van der Waals surface area contributed by atoms with Crippen LogP contribution in [0.3, 0.4) is 0 Å². The molecule has 2 rings (SSSR count). The van der Waals surface area contributed by atoms with Crippen LogP contribution in [0.5, 0.6) is 0 Å². The lowest BCUT2D eigenvalue weighted by Gasteiger charge is -1.92. The van der Waals surface area contributed by atoms with Gasteiger partial charge in [-0.2, -0.15) is 0 Å². The van der Waals surface area contributed by atoms with Crippen molar-refractivity contribution >= 4 is 10.8 Å². The summed E-state index contributed by atoms with van der Waals surface area (Å²) in [7, 11) is 0. The number of hydrogen-bond donors (Lipinski definition) is 0. The molecule has 0 aliphatic rings. The Kier molecular flexibility index (Phi) is 2.24. The fourth-order valence-electron chi connectivity index (χ4n) is 1.07. The highest BCUT2D eigenvalue weighted by atomic mass is 16.0. The molecule has 2 aromatic rings. The zero-order valence-corrected chi connectivity index (χ0v) is 6.04. The third-order valence-corrected chi connectivity index (χ3v) is 1.59. The van der Waals surface area contributed by atoms with Gasteiger partial charge in [0, 0.05) is 0 Å². The predicted octanol–water partition coefficient (Wildman–Crippen LogP) is 1.82. The van der Waals surface area contributed by atoms with Gasteiger partial charge in [0.05, 0.1) is 0 Å². The molecule has 0 heterocycles. The van der Waals surface area contributed by atoms with E-state index < -0.39 is 0 Å². The molecule has 1 radical (unpaired) electrons. The summed E-state index contributed by atoms with van der Waals surface area (Å²) in [4.78, 5) is 0. The van der Waals surface area contributed by atoms with E-state index in [0.29, 0.717) is 0 Å². The monoisotopic (exact) mass is 145 g/mol. The summed E-state index contributed by atoms with van der Waals surface area (Å²) in [5.41, 5.74) is 0. The second-order valence-electron chi connectivity index (χ2n) is 2.27. The first kappa shape index (κ1) is 7.76. The van der Waals surface area contributed by atoms with Crippen molar-refractivity contribution in [3.8, 4) is 0 Å². The molecule has 0 fully saturated rings. The third-order valence-electron chi connectivity index (χ3n) is 1.59. The second-order valence-corrected chi connectivity index (χ2v) is 2.27. The van der Waals surface area contributed by atoms with Crippen LogP contribution in [-0.2, 0) is 0 Å². The highest BCUT2D eigenvalue weighted by Crippen LogP contribution is 2.10. The first-order chi connectivity index (χ1) is 4.97. The van der Waals surface area contributed by atoms with Crippen LogP contribution in [0.4, 0.5) is 0 Å². The minimum absolute atomic E-state index is 0. The Morgan fingerprint density at radius 3 is 2.36 bits per heavy atom. The van der Waals surface area contributed by atoms with Crippen LogP contribution in [-0.4, -0.2) is 5.48 Å². The minimum Gasteiger partial charge on any atom is -0.412 e. The molecule has 0 saturated heterocycles. The molecule has 1 nitrogen and oxygen atoms in total. The zero-order valence-electron chi connectivity index (χ0n) is 6.04. The van der Waals surface area contributed by atoms with E-state index in [1.54, 1.807) is 0 Å². The summed E-state index contributed by atoms with van der Waals surface area (Å²) in [6.07, 6.45) is 0. The largest absolute Gasteiger partial charge is 0.412 e. The van der Waals surface area contributed by atoms with Crippen LogP contribution in [0.2, 0.25) is 0 Å². The molecule has 55 valence electrons. The van der Waals surface area contributed by atoms with Crippen molar-refractivity contribution in [3.05, 3.63) is 48.5 Å². The molecule has 2 aromatic carbocycles. The van der Waals surface area contributed by atoms with Crippen molar-refractivity contribution in [3.63, 3.8) is 0 Å². The average Bonchev–Trinajstić information content (AvgIpc) is 2.05. The summed E-state index contributed by atoms with van der Waals surface area (Å²) >= 11 is 0. The predicted molar refractivity (Wildman–Crippen MR) is 46.4 cm³/mol. The summed E-state index contributed by atoms with van der Waals surface area (Å²) in [6.45, 7) is 0. The molecular formula is C10H9O. The summed E-state index contributed by atoms with van der Waals surface area (Å²) in [5.74, 6) is 0. The fourth-order valence-corrected chi connectivity index (χ4v) is 1.07. The van der Waals surface area contributed by atoms with Crippen molar-refractivity contribution < 1.29 is 5.48 Å². The first-order valence-electron chi connectivity index (χ1n) is 3.32. The summed E-state index contributed by atoms with van der Waals surface area (Å²) in [6, 6.07) is 17.3. The van der Waals surface area contributed by atoms with Crippen LogP contribution < -0.4 is 0 Å². The molecule has 0 amide bonds. The third kappa shape index (κ3) is 1.38. The van der Waals surface area contributed by atoms with Crippen LogP contribution >= 0.6 is 0 Å². The van der Waals surface area contributed by atoms with E-state index in [4.69, 9.17) is 0 Å². The Balaban J connectivity index is 0.000000605. The van der Waals surface area contributed by atoms with E-state index in [1.165, 1.54) is 10.8 Å². The van der Waals surface area contributed by atoms with Gasteiger partial charge in [0.25, 0.3) is 0 Å². The van der Waals surface area contributed by atoms with Gasteiger partial charge in [-0.05, 0) is 22.9 Å². The molecule has 11 heavy (non-hydrogen) atoms. The normalized spacial score (nSPS) is 9.09. The average molecular weight is 145 g/mol. The molecule has 0 aromatic heterocycles. The van der Waals surface area contributed by atoms with Gasteiger partial charge in [-0.1, -0.05) is 36.4 Å². The molecule has 0 atom stereocenters. The SMILES string of the molecule is O.[c]1ccc2ccccc2c1. The molecular weight excluding hydrogens is 136 g/mol. The van der Waals surface area contributed by atoms with Gasteiger partial charge in [-0.25, -0.2) is 0 Å². The van der Waals surface area contributed by atoms with Gasteiger partial charge in [-0.3, -0.25) is 0 Å². The lowest BCUT2D eigenvalue weighted by Crippen LogP contribution is -1.67. The Morgan fingerprint density at radius 1 is 0.909 bits per heavy atom. The number of benzene rings is 2. The van der Waals surface area contributed by atoms with Gasteiger partial charge in [0.1, 0.15) is 0 Å². The Morgan fingerprint density at radius 2 is 1.64 bits per heavy atom. The van der Waals surface area contributed by atoms with Crippen molar-refractivity contribution in [2.45, 2.75) is 0 Å². The molecule has 0 unspecified atom stereocenters. The zero-order chi connectivity index (χ0) is 6.81. The number of fused-ring (bicyclic) bond motifs is 1. The molecule has 0 spiro atoms. The van der Waals surface area contributed by atoms with Crippen molar-refractivity contribution in [1.82, 2.24) is 0 Å². The van der Waals surface area contributed by atoms with Gasteiger partial charge in [0.15, 0.2) is 0 Å². The van der Waals surface area contributed by atoms with Crippen LogP contribution in [0.25, 0.3) is 10.8 Å². The number of rotatable bonds is 0. The lowest BCUT2D eigenvalue weighted by atomic mass is 10.1. The summed E-state index contributed by atoms with van der Waals surface area (Å²) in [5, 5.41) is 2.53. The second kappa shape index (κ2) is 3.17. The number of hydrogen-bond acceptors (Lipinski definition) is 0. The lowest BCUT2D eigenvalue weighted by molar-refractivity contribution is 0.824. The minimum atomic E-state index is 0. The van der Waals surface area contributed by atoms with Crippen molar-refractivity contribution in [2.24, 2.45) is 0 Å². The molecule has 0 bridgehead atoms. The first-order valence-corrected chi connectivity index (χ1v) is 3.32. The maximum Gasteiger partial charge on any atom is -0.0177 e. The maximum absolute atomic E-state index is 3.04. The Labute approximate surface area is 65.6 Å². The molecule has 0 aliphatic heterocycles. The smallest absolute Gasteiger partial charge is 0.0177 e. The van der Waals surface area contributed by atoms with Crippen LogP contribution in [0.1, 0.15) is 0 Å². The van der Waals surface area contributed by atoms with E-state index in [0.717, 1.165) is 0 Å². The van der Waals surface area contributed by atoms with Crippen LogP contribution in [0, 0.1) is 6.07 Å². The maximum atomic E-state index is 3.04. The van der Waals surface area contributed by atoms with Gasteiger partial charge < -0.3 is 5.48 Å². The fraction of sp³-hybridized carbons (Fsp3) is 0. The van der Waals surface area contributed by atoms with Crippen molar-refractivity contribution in [1.29, 1.82) is 0 Å². The van der Waals surface area contributed by atoms with E-state index >= 15 is 0 Å². The molecule has 0 saturated carbocycles. The molecule has 1 heteroatoms. The van der Waals surface area contributed by atoms with E-state index in [1.807, 2.05) is 24.3 Å². The van der Waals surface area contributed by atoms with E-state index in [-0.39, 0.29) is 5.48 Å². The van der Waals surface area contributed by atoms with Gasteiger partial charge in [0.2, 0.25) is 0 Å². The topological polar surface area (TPSA) is 31.5 Å². The van der Waals surface area contributed by atoms with Crippen LogP contribution in [0.15, 0.2) is 42.5 Å². The summed E-state index contributed by atoms with van der Waals surface area (Å²) < 4.78 is 0. The molecule has 2 N–H and O–H groups in total.